The third-order valence-electron chi connectivity index (χ3n) is 4.35. The maximum atomic E-state index is 11.5. The number of para-hydroxylation sites is 1. The molecule has 0 saturated carbocycles. The third kappa shape index (κ3) is 3.78. The first-order chi connectivity index (χ1) is 12.1. The van der Waals surface area contributed by atoms with Crippen LogP contribution in [0, 0.1) is 0 Å². The summed E-state index contributed by atoms with van der Waals surface area (Å²) in [4.78, 5) is 13.4. The van der Waals surface area contributed by atoms with Crippen LogP contribution < -0.4 is 5.73 Å². The van der Waals surface area contributed by atoms with Gasteiger partial charge in [-0.1, -0.05) is 48.5 Å². The van der Waals surface area contributed by atoms with Gasteiger partial charge in [-0.25, -0.2) is 4.68 Å². The van der Waals surface area contributed by atoms with E-state index < -0.39 is 0 Å². The second kappa shape index (κ2) is 7.32. The highest BCUT2D eigenvalue weighted by Crippen LogP contribution is 2.25. The summed E-state index contributed by atoms with van der Waals surface area (Å²) >= 11 is 0. The Morgan fingerprint density at radius 2 is 1.72 bits per heavy atom. The molecule has 2 N–H and O–H groups in total. The zero-order chi connectivity index (χ0) is 17.8. The molecule has 0 aliphatic rings. The van der Waals surface area contributed by atoms with Gasteiger partial charge in [-0.15, -0.1) is 0 Å². The molecule has 25 heavy (non-hydrogen) atoms. The number of primary amides is 1. The van der Waals surface area contributed by atoms with Crippen LogP contribution in [0.4, 0.5) is 0 Å². The monoisotopic (exact) mass is 334 g/mol. The first kappa shape index (κ1) is 16.9. The Balaban J connectivity index is 2.00. The molecule has 3 rings (SSSR count). The first-order valence-corrected chi connectivity index (χ1v) is 8.25. The molecule has 128 valence electrons. The van der Waals surface area contributed by atoms with Crippen molar-refractivity contribution >= 4 is 5.91 Å². The van der Waals surface area contributed by atoms with Gasteiger partial charge in [0.2, 0.25) is 5.91 Å². The Bertz CT molecular complexity index is 843. The van der Waals surface area contributed by atoms with E-state index in [0.29, 0.717) is 6.54 Å². The Kier molecular flexibility index (Phi) is 4.95. The Morgan fingerprint density at radius 3 is 2.32 bits per heavy atom. The number of benzene rings is 2. The molecule has 2 aromatic carbocycles. The van der Waals surface area contributed by atoms with E-state index in [2.05, 4.69) is 0 Å². The molecule has 1 aromatic heterocycles. The largest absolute Gasteiger partial charge is 0.368 e. The maximum absolute atomic E-state index is 11.5. The average Bonchev–Trinajstić information content (AvgIpc) is 3.06. The van der Waals surface area contributed by atoms with E-state index in [1.54, 1.807) is 0 Å². The summed E-state index contributed by atoms with van der Waals surface area (Å²) in [5.41, 5.74) is 9.44. The molecule has 5 heteroatoms. The summed E-state index contributed by atoms with van der Waals surface area (Å²) in [6.45, 7) is 2.40. The fraction of sp³-hybridized carbons (Fsp3) is 0.200. The molecule has 0 unspecified atom stereocenters. The van der Waals surface area contributed by atoms with Crippen LogP contribution in [0.2, 0.25) is 0 Å². The van der Waals surface area contributed by atoms with Gasteiger partial charge >= 0.3 is 0 Å². The number of rotatable bonds is 6. The SMILES string of the molecule is C[C@@H](C(N)=O)N(C)Cc1cn(-c2ccccc2)nc1-c1ccccc1. The van der Waals surface area contributed by atoms with Crippen molar-refractivity contribution in [3.8, 4) is 16.9 Å². The highest BCUT2D eigenvalue weighted by atomic mass is 16.1. The van der Waals surface area contributed by atoms with Crippen molar-refractivity contribution in [2.24, 2.45) is 5.73 Å². The van der Waals surface area contributed by atoms with Crippen molar-refractivity contribution < 1.29 is 4.79 Å². The molecule has 0 spiro atoms. The third-order valence-corrected chi connectivity index (χ3v) is 4.35. The van der Waals surface area contributed by atoms with Crippen LogP contribution in [0.3, 0.4) is 0 Å². The molecule has 1 heterocycles. The number of carbonyl (C=O) groups is 1. The lowest BCUT2D eigenvalue weighted by Gasteiger charge is -2.21. The lowest BCUT2D eigenvalue weighted by atomic mass is 10.1. The van der Waals surface area contributed by atoms with Crippen molar-refractivity contribution in [2.45, 2.75) is 19.5 Å². The molecule has 1 atom stereocenters. The number of hydrogen-bond donors (Lipinski definition) is 1. The number of likely N-dealkylation sites (N-methyl/N-ethyl adjacent to an activating group) is 1. The van der Waals surface area contributed by atoms with E-state index in [1.165, 1.54) is 0 Å². The predicted octanol–water partition coefficient (Wildman–Crippen LogP) is 2.84. The number of hydrogen-bond acceptors (Lipinski definition) is 3. The van der Waals surface area contributed by atoms with Crippen LogP contribution in [-0.4, -0.2) is 33.7 Å². The van der Waals surface area contributed by atoms with Gasteiger partial charge in [0.25, 0.3) is 0 Å². The van der Waals surface area contributed by atoms with Crippen LogP contribution in [-0.2, 0) is 11.3 Å². The van der Waals surface area contributed by atoms with E-state index in [0.717, 1.165) is 22.5 Å². The first-order valence-electron chi connectivity index (χ1n) is 8.25. The average molecular weight is 334 g/mol. The molecule has 0 bridgehead atoms. The minimum Gasteiger partial charge on any atom is -0.368 e. The number of aromatic nitrogens is 2. The standard InChI is InChI=1S/C20H22N4O/c1-15(20(21)25)23(2)13-17-14-24(18-11-7-4-8-12-18)22-19(17)16-9-5-3-6-10-16/h3-12,14-15H,13H2,1-2H3,(H2,21,25)/t15-/m0/s1. The highest BCUT2D eigenvalue weighted by Gasteiger charge is 2.19. The van der Waals surface area contributed by atoms with E-state index in [1.807, 2.05) is 90.4 Å². The molecular weight excluding hydrogens is 312 g/mol. The topological polar surface area (TPSA) is 64.2 Å². The zero-order valence-electron chi connectivity index (χ0n) is 14.5. The van der Waals surface area contributed by atoms with Gasteiger partial charge in [-0.2, -0.15) is 5.10 Å². The summed E-state index contributed by atoms with van der Waals surface area (Å²) < 4.78 is 1.88. The van der Waals surface area contributed by atoms with Gasteiger partial charge < -0.3 is 5.73 Å². The number of carbonyl (C=O) groups excluding carboxylic acids is 1. The van der Waals surface area contributed by atoms with Crippen LogP contribution >= 0.6 is 0 Å². The van der Waals surface area contributed by atoms with Crippen LogP contribution in [0.5, 0.6) is 0 Å². The summed E-state index contributed by atoms with van der Waals surface area (Å²) in [6, 6.07) is 19.7. The van der Waals surface area contributed by atoms with Gasteiger partial charge in [0.15, 0.2) is 0 Å². The summed E-state index contributed by atoms with van der Waals surface area (Å²) in [5, 5.41) is 4.78. The number of amides is 1. The number of nitrogens with two attached hydrogens (primary N) is 1. The fourth-order valence-corrected chi connectivity index (χ4v) is 2.70. The molecule has 3 aromatic rings. The highest BCUT2D eigenvalue weighted by molar-refractivity contribution is 5.79. The Labute approximate surface area is 147 Å². The van der Waals surface area contributed by atoms with Gasteiger partial charge in [0.1, 0.15) is 0 Å². The summed E-state index contributed by atoms with van der Waals surface area (Å²) in [7, 11) is 1.89. The molecule has 5 nitrogen and oxygen atoms in total. The van der Waals surface area contributed by atoms with Crippen molar-refractivity contribution in [1.29, 1.82) is 0 Å². The van der Waals surface area contributed by atoms with Crippen LogP contribution in [0.25, 0.3) is 16.9 Å². The van der Waals surface area contributed by atoms with Gasteiger partial charge in [-0.05, 0) is 26.1 Å². The van der Waals surface area contributed by atoms with Crippen molar-refractivity contribution in [3.63, 3.8) is 0 Å². The van der Waals surface area contributed by atoms with Gasteiger partial charge in [0.05, 0.1) is 17.4 Å². The van der Waals surface area contributed by atoms with Gasteiger partial charge in [-0.3, -0.25) is 9.69 Å². The summed E-state index contributed by atoms with van der Waals surface area (Å²) in [6.07, 6.45) is 2.02. The van der Waals surface area contributed by atoms with Crippen molar-refractivity contribution in [1.82, 2.24) is 14.7 Å². The van der Waals surface area contributed by atoms with Gasteiger partial charge in [0, 0.05) is 23.9 Å². The minimum absolute atomic E-state index is 0.334. The number of nitrogens with zero attached hydrogens (tertiary/aromatic N) is 3. The smallest absolute Gasteiger partial charge is 0.234 e. The van der Waals surface area contributed by atoms with E-state index in [-0.39, 0.29) is 11.9 Å². The molecule has 0 fully saturated rings. The normalized spacial score (nSPS) is 12.3. The second-order valence-electron chi connectivity index (χ2n) is 6.14. The van der Waals surface area contributed by atoms with Crippen molar-refractivity contribution in [3.05, 3.63) is 72.4 Å². The lowest BCUT2D eigenvalue weighted by molar-refractivity contribution is -0.122. The zero-order valence-corrected chi connectivity index (χ0v) is 14.5. The van der Waals surface area contributed by atoms with E-state index >= 15 is 0 Å². The van der Waals surface area contributed by atoms with Crippen LogP contribution in [0.1, 0.15) is 12.5 Å². The molecular formula is C20H22N4O. The van der Waals surface area contributed by atoms with Crippen molar-refractivity contribution in [2.75, 3.05) is 7.05 Å². The van der Waals surface area contributed by atoms with Crippen LogP contribution in [0.15, 0.2) is 66.9 Å². The molecule has 0 radical (unpaired) electrons. The minimum atomic E-state index is -0.344. The molecule has 0 saturated heterocycles. The lowest BCUT2D eigenvalue weighted by Crippen LogP contribution is -2.39. The molecule has 0 aliphatic heterocycles. The molecule has 1 amide bonds. The predicted molar refractivity (Wildman–Crippen MR) is 99.1 cm³/mol. The Morgan fingerprint density at radius 1 is 1.12 bits per heavy atom. The second-order valence-corrected chi connectivity index (χ2v) is 6.14. The van der Waals surface area contributed by atoms with E-state index in [4.69, 9.17) is 10.8 Å². The van der Waals surface area contributed by atoms with E-state index in [9.17, 15) is 4.79 Å². The fourth-order valence-electron chi connectivity index (χ4n) is 2.70. The summed E-state index contributed by atoms with van der Waals surface area (Å²) in [5.74, 6) is -0.334. The quantitative estimate of drug-likeness (QED) is 0.754. The maximum Gasteiger partial charge on any atom is 0.234 e. The Hall–Kier alpha value is -2.92. The molecule has 0 aliphatic carbocycles.